The number of para-hydroxylation sites is 1. The summed E-state index contributed by atoms with van der Waals surface area (Å²) in [6.07, 6.45) is 0. The number of halogens is 2. The average Bonchev–Trinajstić information content (AvgIpc) is 2.88. The molecule has 0 aliphatic rings. The molecule has 1 aromatic heterocycles. The van der Waals surface area contributed by atoms with Gasteiger partial charge < -0.3 is 16.0 Å². The Hall–Kier alpha value is -4.38. The fourth-order valence-corrected chi connectivity index (χ4v) is 3.30. The van der Waals surface area contributed by atoms with Crippen LogP contribution in [0.2, 0.25) is 0 Å². The highest BCUT2D eigenvalue weighted by atomic mass is 32.1. The highest BCUT2D eigenvalue weighted by molar-refractivity contribution is 7.80. The van der Waals surface area contributed by atoms with E-state index in [0.29, 0.717) is 18.2 Å². The molecule has 0 fully saturated rings. The normalized spacial score (nSPS) is 10.4. The molecule has 184 valence electrons. The smallest absolute Gasteiger partial charge is 0.248 e. The van der Waals surface area contributed by atoms with E-state index in [1.54, 1.807) is 24.3 Å². The van der Waals surface area contributed by atoms with E-state index >= 15 is 0 Å². The first-order valence-corrected chi connectivity index (χ1v) is 11.5. The van der Waals surface area contributed by atoms with Crippen molar-refractivity contribution in [3.05, 3.63) is 101 Å². The fourth-order valence-electron chi connectivity index (χ4n) is 3.14. The van der Waals surface area contributed by atoms with Gasteiger partial charge in [0.25, 0.3) is 0 Å². The molecule has 0 aliphatic carbocycles. The Bertz CT molecular complexity index is 1250. The van der Waals surface area contributed by atoms with Gasteiger partial charge >= 0.3 is 0 Å². The molecule has 0 saturated heterocycles. The number of hydrogen-bond donors (Lipinski definition) is 5. The van der Waals surface area contributed by atoms with E-state index in [2.05, 4.69) is 41.8 Å². The Morgan fingerprint density at radius 3 is 1.75 bits per heavy atom. The number of rotatable bonds is 9. The van der Waals surface area contributed by atoms with Crippen LogP contribution in [0.5, 0.6) is 0 Å². The summed E-state index contributed by atoms with van der Waals surface area (Å²) in [4.78, 5) is 13.1. The molecule has 0 radical (unpaired) electrons. The first-order chi connectivity index (χ1) is 17.4. The third-order valence-corrected chi connectivity index (χ3v) is 5.25. The first kappa shape index (κ1) is 24.7. The Balaban J connectivity index is 1.44. The third-order valence-electron chi connectivity index (χ3n) is 5.04. The Morgan fingerprint density at radius 1 is 0.722 bits per heavy atom. The number of hydrazine groups is 1. The monoisotopic (exact) mass is 506 g/mol. The van der Waals surface area contributed by atoms with Crippen molar-refractivity contribution in [1.82, 2.24) is 20.4 Å². The van der Waals surface area contributed by atoms with E-state index < -0.39 is 0 Å². The predicted octanol–water partition coefficient (Wildman–Crippen LogP) is 5.00. The minimum Gasteiger partial charge on any atom is -0.350 e. The molecule has 0 aliphatic heterocycles. The maximum absolute atomic E-state index is 13.2. The van der Waals surface area contributed by atoms with Gasteiger partial charge in [-0.25, -0.2) is 8.78 Å². The molecule has 8 nitrogen and oxygen atoms in total. The highest BCUT2D eigenvalue weighted by Crippen LogP contribution is 2.14. The highest BCUT2D eigenvalue weighted by Gasteiger charge is 2.08. The molecule has 11 heteroatoms. The van der Waals surface area contributed by atoms with E-state index in [0.717, 1.165) is 22.4 Å². The van der Waals surface area contributed by atoms with Gasteiger partial charge in [-0.2, -0.15) is 15.0 Å². The van der Waals surface area contributed by atoms with Crippen molar-refractivity contribution in [2.75, 3.05) is 21.4 Å². The van der Waals surface area contributed by atoms with E-state index in [1.165, 1.54) is 24.3 Å². The minimum absolute atomic E-state index is 0.210. The van der Waals surface area contributed by atoms with E-state index in [-0.39, 0.29) is 29.5 Å². The van der Waals surface area contributed by atoms with Crippen molar-refractivity contribution in [3.63, 3.8) is 0 Å². The van der Waals surface area contributed by atoms with E-state index in [4.69, 9.17) is 12.2 Å². The van der Waals surface area contributed by atoms with Gasteiger partial charge in [0.15, 0.2) is 5.11 Å². The van der Waals surface area contributed by atoms with Crippen LogP contribution < -0.4 is 26.8 Å². The second kappa shape index (κ2) is 11.8. The number of nitrogens with zero attached hydrogens (tertiary/aromatic N) is 3. The molecule has 4 aromatic rings. The number of aryl methyl sites for hydroxylation is 1. The lowest BCUT2D eigenvalue weighted by Gasteiger charge is -2.14. The van der Waals surface area contributed by atoms with E-state index in [1.807, 2.05) is 31.2 Å². The number of hydrogen-bond acceptors (Lipinski definition) is 7. The van der Waals surface area contributed by atoms with Gasteiger partial charge in [-0.1, -0.05) is 42.5 Å². The molecule has 0 spiro atoms. The molecule has 3 aromatic carbocycles. The maximum Gasteiger partial charge on any atom is 0.248 e. The van der Waals surface area contributed by atoms with Crippen LogP contribution in [0.15, 0.2) is 72.8 Å². The summed E-state index contributed by atoms with van der Waals surface area (Å²) in [5.41, 5.74) is 9.37. The lowest BCUT2D eigenvalue weighted by molar-refractivity contribution is 0.626. The van der Waals surface area contributed by atoms with Gasteiger partial charge in [-0.15, -0.1) is 0 Å². The number of benzene rings is 3. The summed E-state index contributed by atoms with van der Waals surface area (Å²) >= 11 is 5.36. The average molecular weight is 507 g/mol. The van der Waals surface area contributed by atoms with Crippen LogP contribution in [0.1, 0.15) is 16.7 Å². The Kier molecular flexibility index (Phi) is 8.14. The van der Waals surface area contributed by atoms with Crippen molar-refractivity contribution in [2.45, 2.75) is 20.0 Å². The number of nitrogens with one attached hydrogen (secondary N) is 5. The van der Waals surface area contributed by atoms with Crippen LogP contribution in [0.4, 0.5) is 32.3 Å². The SMILES string of the molecule is Cc1ccccc1NC(=S)NNc1nc(NCc2ccc(F)cc2)nc(NCc2ccc(F)cc2)n1. The van der Waals surface area contributed by atoms with Crippen LogP contribution in [0.3, 0.4) is 0 Å². The molecule has 5 N–H and O–H groups in total. The topological polar surface area (TPSA) is 98.8 Å². The van der Waals surface area contributed by atoms with Gasteiger partial charge in [-0.3, -0.25) is 10.9 Å². The fraction of sp³-hybridized carbons (Fsp3) is 0.120. The third kappa shape index (κ3) is 7.31. The van der Waals surface area contributed by atoms with Crippen LogP contribution in [0, 0.1) is 18.6 Å². The maximum atomic E-state index is 13.2. The summed E-state index contributed by atoms with van der Waals surface area (Å²) in [7, 11) is 0. The minimum atomic E-state index is -0.306. The molecule has 4 rings (SSSR count). The molecule has 0 amide bonds. The van der Waals surface area contributed by atoms with Gasteiger partial charge in [0.1, 0.15) is 11.6 Å². The van der Waals surface area contributed by atoms with Gasteiger partial charge in [0.05, 0.1) is 0 Å². The predicted molar refractivity (Wildman–Crippen MR) is 141 cm³/mol. The molecule has 0 saturated carbocycles. The zero-order valence-electron chi connectivity index (χ0n) is 19.3. The summed E-state index contributed by atoms with van der Waals surface area (Å²) in [6, 6.07) is 20.0. The summed E-state index contributed by atoms with van der Waals surface area (Å²) in [6.45, 7) is 2.73. The van der Waals surface area contributed by atoms with Gasteiger partial charge in [-0.05, 0) is 66.2 Å². The Morgan fingerprint density at radius 2 is 1.22 bits per heavy atom. The lowest BCUT2D eigenvalue weighted by Crippen LogP contribution is -2.34. The van der Waals surface area contributed by atoms with Crippen LogP contribution in [-0.2, 0) is 13.1 Å². The molecule has 0 unspecified atom stereocenters. The van der Waals surface area contributed by atoms with Crippen LogP contribution >= 0.6 is 12.2 Å². The zero-order chi connectivity index (χ0) is 25.3. The Labute approximate surface area is 212 Å². The van der Waals surface area contributed by atoms with Crippen molar-refractivity contribution < 1.29 is 8.78 Å². The summed E-state index contributed by atoms with van der Waals surface area (Å²) in [5, 5.41) is 9.65. The molecule has 1 heterocycles. The van der Waals surface area contributed by atoms with Crippen molar-refractivity contribution in [1.29, 1.82) is 0 Å². The summed E-state index contributed by atoms with van der Waals surface area (Å²) < 4.78 is 26.4. The number of thiocarbonyl (C=S) groups is 1. The van der Waals surface area contributed by atoms with E-state index in [9.17, 15) is 8.78 Å². The molecule has 0 bridgehead atoms. The van der Waals surface area contributed by atoms with Crippen molar-refractivity contribution >= 4 is 40.9 Å². The van der Waals surface area contributed by atoms with Crippen LogP contribution in [-0.4, -0.2) is 20.1 Å². The number of anilines is 4. The zero-order valence-corrected chi connectivity index (χ0v) is 20.2. The van der Waals surface area contributed by atoms with Crippen molar-refractivity contribution in [3.8, 4) is 0 Å². The van der Waals surface area contributed by atoms with Crippen molar-refractivity contribution in [2.24, 2.45) is 0 Å². The first-order valence-electron chi connectivity index (χ1n) is 11.1. The molecule has 36 heavy (non-hydrogen) atoms. The quantitative estimate of drug-likeness (QED) is 0.159. The standard InChI is InChI=1S/C25H24F2N8S/c1-16-4-2-3-5-21(16)30-25(36)35-34-24-32-22(28-14-17-6-10-19(26)11-7-17)31-23(33-24)29-15-18-8-12-20(27)13-9-18/h2-13H,14-15H2,1H3,(H2,30,35,36)(H3,28,29,31,32,33,34). The summed E-state index contributed by atoms with van der Waals surface area (Å²) in [5.74, 6) is 0.177. The van der Waals surface area contributed by atoms with Crippen LogP contribution in [0.25, 0.3) is 0 Å². The second-order valence-electron chi connectivity index (χ2n) is 7.79. The van der Waals surface area contributed by atoms with Gasteiger partial charge in [0.2, 0.25) is 17.8 Å². The molecular formula is C25H24F2N8S. The molecular weight excluding hydrogens is 482 g/mol. The van der Waals surface area contributed by atoms with Gasteiger partial charge in [0, 0.05) is 18.8 Å². The molecule has 0 atom stereocenters. The largest absolute Gasteiger partial charge is 0.350 e. The second-order valence-corrected chi connectivity index (χ2v) is 8.19. The lowest BCUT2D eigenvalue weighted by atomic mass is 10.2. The number of aromatic nitrogens is 3.